The first-order valence-corrected chi connectivity index (χ1v) is 10.5. The summed E-state index contributed by atoms with van der Waals surface area (Å²) < 4.78 is 28.2. The number of halogens is 1. The minimum atomic E-state index is -3.76. The topological polar surface area (TPSA) is 87.6 Å². The van der Waals surface area contributed by atoms with Crippen molar-refractivity contribution in [3.8, 4) is 0 Å². The largest absolute Gasteiger partial charge is 0.351 e. The van der Waals surface area contributed by atoms with Crippen LogP contribution in [0.25, 0.3) is 0 Å². The Labute approximate surface area is 161 Å². The van der Waals surface area contributed by atoms with Gasteiger partial charge in [-0.2, -0.15) is 8.42 Å². The Hall–Kier alpha value is -2.03. The highest BCUT2D eigenvalue weighted by molar-refractivity contribution is 8.15. The molecule has 0 saturated heterocycles. The molecule has 0 radical (unpaired) electrons. The van der Waals surface area contributed by atoms with Gasteiger partial charge in [-0.3, -0.25) is 4.79 Å². The van der Waals surface area contributed by atoms with Crippen LogP contribution in [0, 0.1) is 6.92 Å². The van der Waals surface area contributed by atoms with Crippen LogP contribution in [0.4, 0.5) is 5.69 Å². The molecule has 1 aliphatic rings. The maximum absolute atomic E-state index is 12.2. The van der Waals surface area contributed by atoms with Crippen LogP contribution in [0.1, 0.15) is 11.1 Å². The van der Waals surface area contributed by atoms with Gasteiger partial charge in [0.15, 0.2) is 5.17 Å². The molecule has 1 amide bonds. The maximum atomic E-state index is 12.2. The Bertz CT molecular complexity index is 990. The molecule has 2 aromatic carbocycles. The number of nitrogens with one attached hydrogen (secondary N) is 2. The molecule has 0 bridgehead atoms. The second kappa shape index (κ2) is 7.69. The molecule has 1 aliphatic heterocycles. The smallest absolute Gasteiger partial charge is 0.286 e. The summed E-state index contributed by atoms with van der Waals surface area (Å²) in [4.78, 5) is 12.2. The molecule has 0 unspecified atom stereocenters. The Balaban J connectivity index is 1.60. The summed E-state index contributed by atoms with van der Waals surface area (Å²) in [5.74, 6) is -0.209. The predicted molar refractivity (Wildman–Crippen MR) is 105 cm³/mol. The van der Waals surface area contributed by atoms with E-state index in [4.69, 9.17) is 11.6 Å². The van der Waals surface area contributed by atoms with E-state index < -0.39 is 10.0 Å². The molecule has 2 N–H and O–H groups in total. The molecule has 0 atom stereocenters. The summed E-state index contributed by atoms with van der Waals surface area (Å²) in [6, 6.07) is 12.2. The van der Waals surface area contributed by atoms with Crippen LogP contribution >= 0.6 is 23.4 Å². The first kappa shape index (κ1) is 18.8. The summed E-state index contributed by atoms with van der Waals surface area (Å²) in [5.41, 5.74) is 2.21. The highest BCUT2D eigenvalue weighted by atomic mass is 35.5. The number of amides is 1. The van der Waals surface area contributed by atoms with E-state index >= 15 is 0 Å². The highest BCUT2D eigenvalue weighted by Crippen LogP contribution is 2.30. The van der Waals surface area contributed by atoms with Crippen molar-refractivity contribution in [2.24, 2.45) is 4.40 Å². The average Bonchev–Trinajstić information content (AvgIpc) is 2.58. The van der Waals surface area contributed by atoms with Crippen LogP contribution < -0.4 is 10.6 Å². The summed E-state index contributed by atoms with van der Waals surface area (Å²) in [6.45, 7) is 2.18. The second-order valence-corrected chi connectivity index (χ2v) is 8.60. The molecule has 6 nitrogen and oxygen atoms in total. The Morgan fingerprint density at radius 2 is 2.04 bits per heavy atom. The number of benzene rings is 2. The van der Waals surface area contributed by atoms with E-state index in [1.165, 1.54) is 6.07 Å². The number of carbonyl (C=O) groups excluding carboxylic acids is 1. The van der Waals surface area contributed by atoms with Crippen molar-refractivity contribution in [2.75, 3.05) is 11.1 Å². The van der Waals surface area contributed by atoms with E-state index in [1.54, 1.807) is 18.2 Å². The molecule has 0 saturated carbocycles. The van der Waals surface area contributed by atoms with Crippen LogP contribution in [-0.4, -0.2) is 25.2 Å². The second-order valence-electron chi connectivity index (χ2n) is 5.65. The van der Waals surface area contributed by atoms with Gasteiger partial charge in [-0.15, -0.1) is 4.40 Å². The van der Waals surface area contributed by atoms with Gasteiger partial charge in [-0.05, 0) is 36.2 Å². The number of carbonyl (C=O) groups is 1. The molecule has 26 heavy (non-hydrogen) atoms. The van der Waals surface area contributed by atoms with Crippen LogP contribution in [0.3, 0.4) is 0 Å². The zero-order chi connectivity index (χ0) is 18.7. The molecule has 1 heterocycles. The zero-order valence-electron chi connectivity index (χ0n) is 13.8. The number of amidine groups is 1. The summed E-state index contributed by atoms with van der Waals surface area (Å²) in [5, 5.41) is 6.47. The minimum Gasteiger partial charge on any atom is -0.351 e. The lowest BCUT2D eigenvalue weighted by atomic mass is 10.2. The van der Waals surface area contributed by atoms with Crippen molar-refractivity contribution in [1.29, 1.82) is 0 Å². The predicted octanol–water partition coefficient (Wildman–Crippen LogP) is 3.17. The van der Waals surface area contributed by atoms with Gasteiger partial charge in [-0.1, -0.05) is 47.6 Å². The number of nitrogens with zero attached hydrogens (tertiary/aromatic N) is 1. The number of sulfonamides is 1. The molecule has 0 fully saturated rings. The van der Waals surface area contributed by atoms with Crippen molar-refractivity contribution < 1.29 is 13.2 Å². The summed E-state index contributed by atoms with van der Waals surface area (Å²) >= 11 is 7.08. The fourth-order valence-corrected chi connectivity index (χ4v) is 4.60. The third-order valence-corrected chi connectivity index (χ3v) is 6.32. The van der Waals surface area contributed by atoms with Gasteiger partial charge in [0, 0.05) is 11.6 Å². The van der Waals surface area contributed by atoms with E-state index in [9.17, 15) is 13.2 Å². The standard InChI is InChI=1S/C17H16ClN3O3S2/c1-11-6-7-15-14(8-11)20-17(21-26(15,23)24)25-10-16(22)19-9-12-4-2-3-5-13(12)18/h2-8H,9-10H2,1H3,(H,19,22)(H,20,21). The minimum absolute atomic E-state index is 0.0347. The fraction of sp³-hybridized carbons (Fsp3) is 0.176. The quantitative estimate of drug-likeness (QED) is 0.809. The Morgan fingerprint density at radius 3 is 2.81 bits per heavy atom. The number of fused-ring (bicyclic) bond motifs is 1. The fourth-order valence-electron chi connectivity index (χ4n) is 2.35. The average molecular weight is 410 g/mol. The van der Waals surface area contributed by atoms with Gasteiger partial charge in [0.2, 0.25) is 5.91 Å². The van der Waals surface area contributed by atoms with Crippen molar-refractivity contribution >= 4 is 50.1 Å². The Morgan fingerprint density at radius 1 is 1.27 bits per heavy atom. The van der Waals surface area contributed by atoms with E-state index in [1.807, 2.05) is 25.1 Å². The first-order chi connectivity index (χ1) is 12.3. The van der Waals surface area contributed by atoms with Crippen molar-refractivity contribution in [3.63, 3.8) is 0 Å². The van der Waals surface area contributed by atoms with E-state index in [-0.39, 0.29) is 21.7 Å². The van der Waals surface area contributed by atoms with Gasteiger partial charge < -0.3 is 10.6 Å². The lowest BCUT2D eigenvalue weighted by molar-refractivity contribution is -0.118. The molecule has 0 aromatic heterocycles. The van der Waals surface area contributed by atoms with Crippen LogP contribution in [-0.2, 0) is 21.4 Å². The van der Waals surface area contributed by atoms with Crippen molar-refractivity contribution in [3.05, 3.63) is 58.6 Å². The van der Waals surface area contributed by atoms with Gasteiger partial charge in [0.25, 0.3) is 10.0 Å². The maximum Gasteiger partial charge on any atom is 0.286 e. The molecule has 3 rings (SSSR count). The van der Waals surface area contributed by atoms with Crippen molar-refractivity contribution in [2.45, 2.75) is 18.4 Å². The van der Waals surface area contributed by atoms with Gasteiger partial charge in [0.1, 0.15) is 4.90 Å². The normalized spacial score (nSPS) is 14.8. The summed E-state index contributed by atoms with van der Waals surface area (Å²) in [6.07, 6.45) is 0. The lowest BCUT2D eigenvalue weighted by Crippen LogP contribution is -2.27. The molecular formula is C17H16ClN3O3S2. The van der Waals surface area contributed by atoms with Gasteiger partial charge >= 0.3 is 0 Å². The molecule has 9 heteroatoms. The number of rotatable bonds is 4. The molecular weight excluding hydrogens is 394 g/mol. The van der Waals surface area contributed by atoms with E-state index in [2.05, 4.69) is 15.0 Å². The number of anilines is 1. The molecule has 0 aliphatic carbocycles. The zero-order valence-corrected chi connectivity index (χ0v) is 16.2. The van der Waals surface area contributed by atoms with E-state index in [0.717, 1.165) is 22.9 Å². The SMILES string of the molecule is Cc1ccc2c(c1)NC(SCC(=O)NCc1ccccc1Cl)=NS2(=O)=O. The number of hydrogen-bond acceptors (Lipinski definition) is 5. The lowest BCUT2D eigenvalue weighted by Gasteiger charge is -2.18. The first-order valence-electron chi connectivity index (χ1n) is 7.71. The number of hydrogen-bond donors (Lipinski definition) is 2. The summed E-state index contributed by atoms with van der Waals surface area (Å²) in [7, 11) is -3.76. The molecule has 0 spiro atoms. The van der Waals surface area contributed by atoms with Crippen LogP contribution in [0.15, 0.2) is 51.8 Å². The van der Waals surface area contributed by atoms with Gasteiger partial charge in [0.05, 0.1) is 11.4 Å². The highest BCUT2D eigenvalue weighted by Gasteiger charge is 2.25. The van der Waals surface area contributed by atoms with E-state index in [0.29, 0.717) is 17.3 Å². The number of aryl methyl sites for hydroxylation is 1. The monoisotopic (exact) mass is 409 g/mol. The molecule has 2 aromatic rings. The third-order valence-electron chi connectivity index (χ3n) is 3.63. The number of thioether (sulfide) groups is 1. The van der Waals surface area contributed by atoms with Crippen LogP contribution in [0.5, 0.6) is 0 Å². The molecule has 136 valence electrons. The van der Waals surface area contributed by atoms with Crippen molar-refractivity contribution in [1.82, 2.24) is 5.32 Å². The third kappa shape index (κ3) is 4.38. The van der Waals surface area contributed by atoms with Crippen LogP contribution in [0.2, 0.25) is 5.02 Å². The Kier molecular flexibility index (Phi) is 5.55. The van der Waals surface area contributed by atoms with Gasteiger partial charge in [-0.25, -0.2) is 0 Å².